The molecular weight excluding hydrogens is 208 g/mol. The second-order valence-electron chi connectivity index (χ2n) is 3.65. The molecule has 1 aliphatic rings. The van der Waals surface area contributed by atoms with Crippen LogP contribution in [0.4, 0.5) is 10.1 Å². The van der Waals surface area contributed by atoms with Crippen molar-refractivity contribution in [1.29, 1.82) is 0 Å². The Hall–Kier alpha value is -1.52. The minimum Gasteiger partial charge on any atom is -0.478 e. The van der Waals surface area contributed by atoms with Gasteiger partial charge in [0.1, 0.15) is 11.6 Å². The average molecular weight is 219 g/mol. The van der Waals surface area contributed by atoms with Gasteiger partial charge < -0.3 is 10.1 Å². The van der Waals surface area contributed by atoms with Crippen molar-refractivity contribution in [2.75, 3.05) is 5.32 Å². The Bertz CT molecular complexity index is 436. The van der Waals surface area contributed by atoms with Gasteiger partial charge in [0.05, 0.1) is 13.5 Å². The van der Waals surface area contributed by atoms with Crippen molar-refractivity contribution in [3.8, 4) is 5.75 Å². The lowest BCUT2D eigenvalue weighted by Crippen LogP contribution is -2.36. The molecule has 1 amide bonds. The van der Waals surface area contributed by atoms with E-state index in [0.29, 0.717) is 23.4 Å². The zero-order chi connectivity index (χ0) is 11.7. The van der Waals surface area contributed by atoms with Gasteiger partial charge in [0, 0.05) is 6.07 Å². The zero-order valence-corrected chi connectivity index (χ0v) is 8.92. The molecule has 0 spiro atoms. The molecule has 82 valence electrons. The number of hydrogen-bond acceptors (Lipinski definition) is 2. The summed E-state index contributed by atoms with van der Waals surface area (Å²) in [6.07, 6.45) is 0.0909. The van der Waals surface area contributed by atoms with Gasteiger partial charge in [0.15, 0.2) is 6.10 Å². The number of ether oxygens (including phenoxy) is 1. The van der Waals surface area contributed by atoms with Crippen LogP contribution in [0, 0.1) is 5.82 Å². The van der Waals surface area contributed by atoms with E-state index in [1.165, 1.54) is 12.1 Å². The molecule has 0 fully saturated rings. The van der Waals surface area contributed by atoms with Crippen LogP contribution in [0.25, 0.3) is 0 Å². The SMILES string of the molecule is [B]Cc1cc2c(cc1F)OC(CC)C(=O)N2. The van der Waals surface area contributed by atoms with Gasteiger partial charge in [-0.25, -0.2) is 4.39 Å². The fraction of sp³-hybridized carbons (Fsp3) is 0.364. The van der Waals surface area contributed by atoms with Gasteiger partial charge in [-0.1, -0.05) is 13.2 Å². The Kier molecular flexibility index (Phi) is 2.85. The van der Waals surface area contributed by atoms with Crippen molar-refractivity contribution in [3.05, 3.63) is 23.5 Å². The van der Waals surface area contributed by atoms with Crippen LogP contribution in [0.5, 0.6) is 5.75 Å². The third kappa shape index (κ3) is 1.77. The Morgan fingerprint density at radius 1 is 1.56 bits per heavy atom. The summed E-state index contributed by atoms with van der Waals surface area (Å²) in [5.41, 5.74) is 0.842. The molecule has 16 heavy (non-hydrogen) atoms. The van der Waals surface area contributed by atoms with Crippen molar-refractivity contribution < 1.29 is 13.9 Å². The van der Waals surface area contributed by atoms with Crippen LogP contribution in [0.3, 0.4) is 0 Å². The monoisotopic (exact) mass is 219 g/mol. The molecule has 0 saturated carbocycles. The van der Waals surface area contributed by atoms with E-state index in [-0.39, 0.29) is 12.2 Å². The maximum Gasteiger partial charge on any atom is 0.265 e. The maximum atomic E-state index is 13.4. The second-order valence-corrected chi connectivity index (χ2v) is 3.65. The highest BCUT2D eigenvalue weighted by Gasteiger charge is 2.26. The van der Waals surface area contributed by atoms with Gasteiger partial charge in [-0.3, -0.25) is 4.79 Å². The summed E-state index contributed by atoms with van der Waals surface area (Å²) in [4.78, 5) is 11.5. The lowest BCUT2D eigenvalue weighted by atomic mass is 9.95. The molecule has 2 radical (unpaired) electrons. The van der Waals surface area contributed by atoms with Gasteiger partial charge in [-0.05, 0) is 18.1 Å². The van der Waals surface area contributed by atoms with Crippen LogP contribution in [0.15, 0.2) is 12.1 Å². The average Bonchev–Trinajstić information content (AvgIpc) is 2.28. The molecular formula is C11H11BFNO2. The summed E-state index contributed by atoms with van der Waals surface area (Å²) in [6.45, 7) is 1.83. The van der Waals surface area contributed by atoms with E-state index >= 15 is 0 Å². The van der Waals surface area contributed by atoms with E-state index in [0.717, 1.165) is 0 Å². The quantitative estimate of drug-likeness (QED) is 0.767. The first-order valence-electron chi connectivity index (χ1n) is 5.15. The summed E-state index contributed by atoms with van der Waals surface area (Å²) in [5.74, 6) is -0.252. The Balaban J connectivity index is 2.40. The number of rotatable bonds is 2. The number of carbonyl (C=O) groups excluding carboxylic acids is 1. The van der Waals surface area contributed by atoms with E-state index < -0.39 is 11.9 Å². The first kappa shape index (κ1) is 11.0. The van der Waals surface area contributed by atoms with Crippen molar-refractivity contribution >= 4 is 19.4 Å². The standard InChI is InChI=1S/C11H11BFNO2/c1-2-9-11(15)14-8-3-6(5-12)7(13)4-10(8)16-9/h3-4,9H,2,5H2,1H3,(H,14,15). The lowest BCUT2D eigenvalue weighted by molar-refractivity contribution is -0.123. The number of fused-ring (bicyclic) bond motifs is 1. The smallest absolute Gasteiger partial charge is 0.265 e. The summed E-state index contributed by atoms with van der Waals surface area (Å²) in [6, 6.07) is 2.77. The summed E-state index contributed by atoms with van der Waals surface area (Å²) in [5, 5.41) is 2.68. The number of amides is 1. The van der Waals surface area contributed by atoms with Crippen molar-refractivity contribution in [2.45, 2.75) is 25.8 Å². The van der Waals surface area contributed by atoms with Gasteiger partial charge in [0.2, 0.25) is 0 Å². The number of anilines is 1. The van der Waals surface area contributed by atoms with Gasteiger partial charge in [0.25, 0.3) is 5.91 Å². The van der Waals surface area contributed by atoms with Gasteiger partial charge >= 0.3 is 0 Å². The molecule has 1 aromatic rings. The summed E-state index contributed by atoms with van der Waals surface area (Å²) in [7, 11) is 5.38. The molecule has 1 N–H and O–H groups in total. The van der Waals surface area contributed by atoms with Crippen LogP contribution < -0.4 is 10.1 Å². The molecule has 0 saturated heterocycles. The fourth-order valence-corrected chi connectivity index (χ4v) is 1.64. The summed E-state index contributed by atoms with van der Waals surface area (Å²) >= 11 is 0. The highest BCUT2D eigenvalue weighted by atomic mass is 19.1. The molecule has 3 nitrogen and oxygen atoms in total. The van der Waals surface area contributed by atoms with Gasteiger partial charge in [-0.15, -0.1) is 0 Å². The molecule has 1 atom stereocenters. The minimum atomic E-state index is -0.546. The third-order valence-corrected chi connectivity index (χ3v) is 2.56. The van der Waals surface area contributed by atoms with Crippen LogP contribution in [0.2, 0.25) is 0 Å². The Morgan fingerprint density at radius 2 is 2.31 bits per heavy atom. The highest BCUT2D eigenvalue weighted by molar-refractivity contribution is 6.08. The van der Waals surface area contributed by atoms with Crippen molar-refractivity contribution in [3.63, 3.8) is 0 Å². The largest absolute Gasteiger partial charge is 0.478 e. The van der Waals surface area contributed by atoms with Crippen LogP contribution >= 0.6 is 0 Å². The number of benzene rings is 1. The van der Waals surface area contributed by atoms with Crippen LogP contribution in [-0.2, 0) is 11.1 Å². The molecule has 1 heterocycles. The van der Waals surface area contributed by atoms with E-state index in [4.69, 9.17) is 12.6 Å². The number of nitrogens with one attached hydrogen (secondary N) is 1. The van der Waals surface area contributed by atoms with E-state index in [9.17, 15) is 9.18 Å². The highest BCUT2D eigenvalue weighted by Crippen LogP contribution is 2.32. The number of hydrogen-bond donors (Lipinski definition) is 1. The van der Waals surface area contributed by atoms with E-state index in [1.54, 1.807) is 0 Å². The topological polar surface area (TPSA) is 38.3 Å². The molecule has 0 aromatic heterocycles. The second kappa shape index (κ2) is 4.16. The van der Waals surface area contributed by atoms with Crippen molar-refractivity contribution in [1.82, 2.24) is 0 Å². The normalized spacial score (nSPS) is 18.6. The van der Waals surface area contributed by atoms with Crippen LogP contribution in [0.1, 0.15) is 18.9 Å². The first-order chi connectivity index (χ1) is 7.65. The molecule has 1 unspecified atom stereocenters. The first-order valence-corrected chi connectivity index (χ1v) is 5.15. The molecule has 1 aromatic carbocycles. The van der Waals surface area contributed by atoms with Gasteiger partial charge in [-0.2, -0.15) is 0 Å². The molecule has 5 heteroatoms. The fourth-order valence-electron chi connectivity index (χ4n) is 1.64. The molecule has 1 aliphatic heterocycles. The van der Waals surface area contributed by atoms with Crippen LogP contribution in [-0.4, -0.2) is 19.9 Å². The predicted octanol–water partition coefficient (Wildman–Crippen LogP) is 1.60. The molecule has 0 aliphatic carbocycles. The number of halogens is 1. The Labute approximate surface area is 94.4 Å². The van der Waals surface area contributed by atoms with E-state index in [2.05, 4.69) is 5.32 Å². The predicted molar refractivity (Wildman–Crippen MR) is 59.2 cm³/mol. The molecule has 0 bridgehead atoms. The Morgan fingerprint density at radius 3 is 2.94 bits per heavy atom. The summed E-state index contributed by atoms with van der Waals surface area (Å²) < 4.78 is 18.8. The van der Waals surface area contributed by atoms with Crippen molar-refractivity contribution in [2.24, 2.45) is 0 Å². The molecule has 2 rings (SSSR count). The third-order valence-electron chi connectivity index (χ3n) is 2.56. The van der Waals surface area contributed by atoms with E-state index in [1.807, 2.05) is 6.92 Å². The lowest BCUT2D eigenvalue weighted by Gasteiger charge is -2.25. The number of carbonyl (C=O) groups is 1. The maximum absolute atomic E-state index is 13.4. The minimum absolute atomic E-state index is 0.0895. The zero-order valence-electron chi connectivity index (χ0n) is 8.92.